The molecule has 1 aromatic carbocycles. The van der Waals surface area contributed by atoms with Crippen LogP contribution in [0.4, 0.5) is 16.3 Å². The number of aryl methyl sites for hydroxylation is 2. The van der Waals surface area contributed by atoms with E-state index in [0.717, 1.165) is 11.3 Å². The number of ether oxygens (including phenoxy) is 1. The number of fused-ring (bicyclic) bond motifs is 1. The second-order valence-electron chi connectivity index (χ2n) is 5.71. The van der Waals surface area contributed by atoms with Gasteiger partial charge in [-0.2, -0.15) is 5.10 Å². The molecule has 0 unspecified atom stereocenters. The maximum Gasteiger partial charge on any atom is 0.320 e. The molecule has 3 amide bonds. The number of benzene rings is 1. The van der Waals surface area contributed by atoms with E-state index in [0.29, 0.717) is 17.3 Å². The van der Waals surface area contributed by atoms with Gasteiger partial charge in [0, 0.05) is 13.1 Å². The van der Waals surface area contributed by atoms with Gasteiger partial charge in [-0.05, 0) is 31.5 Å². The lowest BCUT2D eigenvalue weighted by Gasteiger charge is -2.21. The lowest BCUT2D eigenvalue weighted by atomic mass is 10.1. The number of rotatable bonds is 3. The van der Waals surface area contributed by atoms with Gasteiger partial charge in [0.1, 0.15) is 11.6 Å². The highest BCUT2D eigenvalue weighted by Crippen LogP contribution is 2.30. The molecule has 1 aromatic heterocycles. The first kappa shape index (κ1) is 15.9. The summed E-state index contributed by atoms with van der Waals surface area (Å²) in [5, 5.41) is 12.5. The first-order chi connectivity index (χ1) is 11.4. The van der Waals surface area contributed by atoms with Crippen LogP contribution < -0.4 is 20.7 Å². The highest BCUT2D eigenvalue weighted by molar-refractivity contribution is 5.95. The Morgan fingerprint density at radius 3 is 2.92 bits per heavy atom. The van der Waals surface area contributed by atoms with Crippen LogP contribution in [0, 0.1) is 6.92 Å². The molecule has 1 atom stereocenters. The van der Waals surface area contributed by atoms with Crippen molar-refractivity contribution >= 4 is 23.4 Å². The van der Waals surface area contributed by atoms with E-state index < -0.39 is 0 Å². The van der Waals surface area contributed by atoms with E-state index in [4.69, 9.17) is 4.74 Å². The van der Waals surface area contributed by atoms with Crippen LogP contribution in [0.3, 0.4) is 0 Å². The summed E-state index contributed by atoms with van der Waals surface area (Å²) in [5.41, 5.74) is 2.29. The third-order valence-electron chi connectivity index (χ3n) is 3.73. The van der Waals surface area contributed by atoms with E-state index >= 15 is 0 Å². The number of aromatic nitrogens is 2. The highest BCUT2D eigenvalue weighted by atomic mass is 16.5. The van der Waals surface area contributed by atoms with Gasteiger partial charge in [0.05, 0.1) is 17.4 Å². The quantitative estimate of drug-likeness (QED) is 0.801. The second kappa shape index (κ2) is 6.23. The summed E-state index contributed by atoms with van der Waals surface area (Å²) < 4.78 is 6.93. The van der Waals surface area contributed by atoms with E-state index in [2.05, 4.69) is 21.0 Å². The predicted molar refractivity (Wildman–Crippen MR) is 89.1 cm³/mol. The number of hydrogen-bond donors (Lipinski definition) is 3. The van der Waals surface area contributed by atoms with Crippen molar-refractivity contribution in [1.82, 2.24) is 15.1 Å². The van der Waals surface area contributed by atoms with Crippen LogP contribution in [0.2, 0.25) is 0 Å². The van der Waals surface area contributed by atoms with E-state index in [9.17, 15) is 9.59 Å². The molecule has 8 nitrogen and oxygen atoms in total. The Hall–Kier alpha value is -3.03. The second-order valence-corrected chi connectivity index (χ2v) is 5.71. The summed E-state index contributed by atoms with van der Waals surface area (Å²) >= 11 is 0. The topological polar surface area (TPSA) is 97.3 Å². The lowest BCUT2D eigenvalue weighted by molar-refractivity contribution is -0.118. The van der Waals surface area contributed by atoms with Crippen molar-refractivity contribution in [3.05, 3.63) is 35.5 Å². The van der Waals surface area contributed by atoms with Gasteiger partial charge in [-0.15, -0.1) is 0 Å². The number of nitrogens with zero attached hydrogens (tertiary/aromatic N) is 2. The average molecular weight is 329 g/mol. The summed E-state index contributed by atoms with van der Waals surface area (Å²) in [5.74, 6) is 1.05. The van der Waals surface area contributed by atoms with Crippen LogP contribution in [0.5, 0.6) is 5.75 Å². The standard InChI is InChI=1S/C16H19N5O3/c1-9-6-14(21(3)20-9)19-16(23)17-10(2)11-4-5-13-12(7-11)18-15(22)8-24-13/h4-7,10H,8H2,1-3H3,(H,18,22)(H2,17,19,23)/t10-/m1/s1. The fraction of sp³-hybridized carbons (Fsp3) is 0.312. The number of anilines is 2. The summed E-state index contributed by atoms with van der Waals surface area (Å²) in [6.45, 7) is 3.74. The van der Waals surface area contributed by atoms with Crippen LogP contribution >= 0.6 is 0 Å². The van der Waals surface area contributed by atoms with Crippen LogP contribution in [-0.4, -0.2) is 28.3 Å². The van der Waals surface area contributed by atoms with Gasteiger partial charge in [0.15, 0.2) is 6.61 Å². The summed E-state index contributed by atoms with van der Waals surface area (Å²) in [6, 6.07) is 6.65. The van der Waals surface area contributed by atoms with E-state index in [1.165, 1.54) is 0 Å². The number of carbonyl (C=O) groups is 2. The molecular weight excluding hydrogens is 310 g/mol. The van der Waals surface area contributed by atoms with Gasteiger partial charge in [-0.1, -0.05) is 6.07 Å². The molecule has 2 heterocycles. The molecule has 2 aromatic rings. The Kier molecular flexibility index (Phi) is 4.11. The Morgan fingerprint density at radius 1 is 1.42 bits per heavy atom. The molecule has 0 fully saturated rings. The Bertz CT molecular complexity index is 799. The Morgan fingerprint density at radius 2 is 2.21 bits per heavy atom. The molecule has 8 heteroatoms. The lowest BCUT2D eigenvalue weighted by Crippen LogP contribution is -2.32. The van der Waals surface area contributed by atoms with Crippen molar-refractivity contribution in [3.8, 4) is 5.75 Å². The van der Waals surface area contributed by atoms with Gasteiger partial charge >= 0.3 is 6.03 Å². The van der Waals surface area contributed by atoms with Crippen LogP contribution in [0.15, 0.2) is 24.3 Å². The van der Waals surface area contributed by atoms with Crippen molar-refractivity contribution in [2.24, 2.45) is 7.05 Å². The Labute approximate surface area is 139 Å². The van der Waals surface area contributed by atoms with Crippen LogP contribution in [-0.2, 0) is 11.8 Å². The minimum Gasteiger partial charge on any atom is -0.482 e. The highest BCUT2D eigenvalue weighted by Gasteiger charge is 2.18. The molecule has 1 aliphatic rings. The van der Waals surface area contributed by atoms with Gasteiger partial charge < -0.3 is 15.4 Å². The van der Waals surface area contributed by atoms with Gasteiger partial charge in [-0.25, -0.2) is 4.79 Å². The molecule has 0 spiro atoms. The zero-order chi connectivity index (χ0) is 17.3. The number of carbonyl (C=O) groups excluding carboxylic acids is 2. The van der Waals surface area contributed by atoms with Crippen molar-refractivity contribution in [2.75, 3.05) is 17.2 Å². The van der Waals surface area contributed by atoms with Gasteiger partial charge in [0.25, 0.3) is 5.91 Å². The van der Waals surface area contributed by atoms with Crippen LogP contribution in [0.25, 0.3) is 0 Å². The molecule has 0 aliphatic carbocycles. The van der Waals surface area contributed by atoms with E-state index in [1.54, 1.807) is 29.9 Å². The van der Waals surface area contributed by atoms with Crippen molar-refractivity contribution < 1.29 is 14.3 Å². The molecule has 0 saturated heterocycles. The minimum absolute atomic E-state index is 0.0205. The van der Waals surface area contributed by atoms with Crippen LogP contribution in [0.1, 0.15) is 24.2 Å². The van der Waals surface area contributed by atoms with Gasteiger partial charge in [-0.3, -0.25) is 14.8 Å². The third-order valence-corrected chi connectivity index (χ3v) is 3.73. The normalized spacial score (nSPS) is 14.2. The molecule has 3 rings (SSSR count). The molecule has 126 valence electrons. The largest absolute Gasteiger partial charge is 0.482 e. The molecule has 1 aliphatic heterocycles. The number of urea groups is 1. The molecule has 24 heavy (non-hydrogen) atoms. The van der Waals surface area contributed by atoms with E-state index in [1.807, 2.05) is 19.9 Å². The summed E-state index contributed by atoms with van der Waals surface area (Å²) in [4.78, 5) is 23.5. The summed E-state index contributed by atoms with van der Waals surface area (Å²) in [6.07, 6.45) is 0. The number of amides is 3. The first-order valence-corrected chi connectivity index (χ1v) is 7.57. The third kappa shape index (κ3) is 3.32. The first-order valence-electron chi connectivity index (χ1n) is 7.57. The van der Waals surface area contributed by atoms with Gasteiger partial charge in [0.2, 0.25) is 0 Å². The number of nitrogens with one attached hydrogen (secondary N) is 3. The van der Waals surface area contributed by atoms with Crippen molar-refractivity contribution in [2.45, 2.75) is 19.9 Å². The molecular formula is C16H19N5O3. The predicted octanol–water partition coefficient (Wildman–Crippen LogP) is 1.94. The monoisotopic (exact) mass is 329 g/mol. The molecule has 3 N–H and O–H groups in total. The zero-order valence-electron chi connectivity index (χ0n) is 13.7. The average Bonchev–Trinajstić information content (AvgIpc) is 2.83. The zero-order valence-corrected chi connectivity index (χ0v) is 13.7. The van der Waals surface area contributed by atoms with E-state index in [-0.39, 0.29) is 24.6 Å². The fourth-order valence-corrected chi connectivity index (χ4v) is 2.53. The fourth-order valence-electron chi connectivity index (χ4n) is 2.53. The maximum absolute atomic E-state index is 12.1. The smallest absolute Gasteiger partial charge is 0.320 e. The molecule has 0 saturated carbocycles. The Balaban J connectivity index is 1.67. The molecule has 0 bridgehead atoms. The minimum atomic E-state index is -0.330. The van der Waals surface area contributed by atoms with Crippen molar-refractivity contribution in [3.63, 3.8) is 0 Å². The summed E-state index contributed by atoms with van der Waals surface area (Å²) in [7, 11) is 1.76. The molecule has 0 radical (unpaired) electrons. The SMILES string of the molecule is Cc1cc(NC(=O)N[C@H](C)c2ccc3c(c2)NC(=O)CO3)n(C)n1. The number of hydrogen-bond acceptors (Lipinski definition) is 4. The maximum atomic E-state index is 12.1. The van der Waals surface area contributed by atoms with Crippen molar-refractivity contribution in [1.29, 1.82) is 0 Å².